The van der Waals surface area contributed by atoms with Crippen LogP contribution in [0.5, 0.6) is 11.5 Å². The summed E-state index contributed by atoms with van der Waals surface area (Å²) in [7, 11) is 0. The minimum absolute atomic E-state index is 0.115. The summed E-state index contributed by atoms with van der Waals surface area (Å²) in [6, 6.07) is 2.59. The van der Waals surface area contributed by atoms with E-state index in [0.29, 0.717) is 25.5 Å². The number of aromatic nitrogens is 3. The summed E-state index contributed by atoms with van der Waals surface area (Å²) >= 11 is 6.06. The molecule has 0 bridgehead atoms. The number of carboxylic acid groups (broad SMARTS) is 1. The molecule has 2 N–H and O–H groups in total. The number of aliphatic carboxylic acids is 1. The first-order valence-corrected chi connectivity index (χ1v) is 8.28. The van der Waals surface area contributed by atoms with Crippen LogP contribution in [0.1, 0.15) is 24.1 Å². The molecular weight excluding hydrogens is 348 g/mol. The molecule has 1 unspecified atom stereocenters. The number of phenols is 1. The number of carbonyl (C=O) groups is 1. The van der Waals surface area contributed by atoms with E-state index in [1.165, 1.54) is 0 Å². The van der Waals surface area contributed by atoms with Gasteiger partial charge in [-0.3, -0.25) is 9.69 Å². The fourth-order valence-corrected chi connectivity index (χ4v) is 3.21. The Balaban J connectivity index is 1.89. The van der Waals surface area contributed by atoms with Crippen molar-refractivity contribution in [1.29, 1.82) is 0 Å². The summed E-state index contributed by atoms with van der Waals surface area (Å²) in [6.45, 7) is 4.98. The zero-order valence-corrected chi connectivity index (χ0v) is 14.7. The van der Waals surface area contributed by atoms with Crippen LogP contribution in [-0.2, 0) is 24.4 Å². The second kappa shape index (κ2) is 6.89. The van der Waals surface area contributed by atoms with E-state index in [9.17, 15) is 15.0 Å². The highest BCUT2D eigenvalue weighted by atomic mass is 35.5. The van der Waals surface area contributed by atoms with E-state index in [-0.39, 0.29) is 23.1 Å². The van der Waals surface area contributed by atoms with Crippen LogP contribution in [0.4, 0.5) is 0 Å². The highest BCUT2D eigenvalue weighted by Gasteiger charge is 2.33. The monoisotopic (exact) mass is 366 g/mol. The van der Waals surface area contributed by atoms with Crippen LogP contribution in [-0.4, -0.2) is 48.5 Å². The zero-order valence-electron chi connectivity index (χ0n) is 13.9. The van der Waals surface area contributed by atoms with Crippen molar-refractivity contribution in [3.05, 3.63) is 34.4 Å². The van der Waals surface area contributed by atoms with Gasteiger partial charge in [0.15, 0.2) is 11.5 Å². The third kappa shape index (κ3) is 3.40. The maximum Gasteiger partial charge on any atom is 0.322 e. The Morgan fingerprint density at radius 1 is 1.44 bits per heavy atom. The van der Waals surface area contributed by atoms with Gasteiger partial charge < -0.3 is 19.5 Å². The third-order valence-electron chi connectivity index (χ3n) is 4.21. The predicted molar refractivity (Wildman–Crippen MR) is 89.7 cm³/mol. The maximum absolute atomic E-state index is 11.7. The largest absolute Gasteiger partial charge is 0.503 e. The molecule has 0 amide bonds. The minimum atomic E-state index is -0.909. The number of fused-ring (bicyclic) bond motifs is 1. The second-order valence-corrected chi connectivity index (χ2v) is 6.30. The van der Waals surface area contributed by atoms with Crippen LogP contribution in [0, 0.1) is 6.92 Å². The lowest BCUT2D eigenvalue weighted by Gasteiger charge is -2.33. The molecule has 1 aliphatic rings. The number of hydrogen-bond acceptors (Lipinski definition) is 6. The highest BCUT2D eigenvalue weighted by Crippen LogP contribution is 2.36. The zero-order chi connectivity index (χ0) is 18.1. The van der Waals surface area contributed by atoms with Crippen LogP contribution in [0.2, 0.25) is 5.02 Å². The fraction of sp³-hybridized carbons (Fsp3) is 0.438. The van der Waals surface area contributed by atoms with Crippen LogP contribution in [0.3, 0.4) is 0 Å². The number of halogens is 1. The Labute approximate surface area is 149 Å². The van der Waals surface area contributed by atoms with Crippen molar-refractivity contribution < 1.29 is 19.7 Å². The minimum Gasteiger partial charge on any atom is -0.503 e. The Morgan fingerprint density at radius 2 is 2.20 bits per heavy atom. The quantitative estimate of drug-likeness (QED) is 0.832. The molecule has 0 aliphatic carbocycles. The van der Waals surface area contributed by atoms with Crippen molar-refractivity contribution in [2.24, 2.45) is 0 Å². The van der Waals surface area contributed by atoms with Gasteiger partial charge >= 0.3 is 5.97 Å². The van der Waals surface area contributed by atoms with E-state index >= 15 is 0 Å². The van der Waals surface area contributed by atoms with Gasteiger partial charge in [-0.2, -0.15) is 0 Å². The second-order valence-electron chi connectivity index (χ2n) is 5.89. The van der Waals surface area contributed by atoms with E-state index in [0.717, 1.165) is 11.4 Å². The molecule has 0 spiro atoms. The Kier molecular flexibility index (Phi) is 4.82. The molecule has 2 aromatic rings. The summed E-state index contributed by atoms with van der Waals surface area (Å²) < 4.78 is 7.21. The van der Waals surface area contributed by atoms with Gasteiger partial charge in [-0.15, -0.1) is 10.2 Å². The predicted octanol–water partition coefficient (Wildman–Crippen LogP) is 1.81. The number of benzene rings is 1. The van der Waals surface area contributed by atoms with Crippen molar-refractivity contribution in [1.82, 2.24) is 19.7 Å². The van der Waals surface area contributed by atoms with Crippen LogP contribution >= 0.6 is 11.6 Å². The third-order valence-corrected chi connectivity index (χ3v) is 4.50. The van der Waals surface area contributed by atoms with Gasteiger partial charge in [0.1, 0.15) is 17.7 Å². The van der Waals surface area contributed by atoms with E-state index in [4.69, 9.17) is 16.3 Å². The van der Waals surface area contributed by atoms with Gasteiger partial charge in [-0.1, -0.05) is 11.6 Å². The summed E-state index contributed by atoms with van der Waals surface area (Å²) in [5.74, 6) is 0.690. The topological polar surface area (TPSA) is 101 Å². The lowest BCUT2D eigenvalue weighted by atomic mass is 10.1. The van der Waals surface area contributed by atoms with E-state index < -0.39 is 12.0 Å². The molecule has 0 saturated heterocycles. The Bertz CT molecular complexity index is 808. The molecule has 1 aliphatic heterocycles. The Morgan fingerprint density at radius 3 is 2.88 bits per heavy atom. The number of phenolic OH excluding ortho intramolecular Hbond substituents is 1. The van der Waals surface area contributed by atoms with Gasteiger partial charge in [-0.05, 0) is 31.5 Å². The Hall–Kier alpha value is -2.32. The summed E-state index contributed by atoms with van der Waals surface area (Å²) in [5, 5.41) is 27.8. The first-order valence-electron chi connectivity index (χ1n) is 7.90. The number of rotatable bonds is 5. The first-order chi connectivity index (χ1) is 11.9. The maximum atomic E-state index is 11.7. The smallest absolute Gasteiger partial charge is 0.322 e. The number of aryl methyl sites for hydroxylation is 1. The lowest BCUT2D eigenvalue weighted by molar-refractivity contribution is -0.145. The molecule has 1 aromatic heterocycles. The number of aromatic hydroxyl groups is 1. The normalized spacial score (nSPS) is 17.3. The molecule has 2 heterocycles. The molecule has 0 saturated carbocycles. The van der Waals surface area contributed by atoms with Gasteiger partial charge in [0, 0.05) is 6.54 Å². The molecule has 3 rings (SSSR count). The van der Waals surface area contributed by atoms with Gasteiger partial charge in [0.25, 0.3) is 0 Å². The molecule has 9 heteroatoms. The number of carboxylic acids is 1. The van der Waals surface area contributed by atoms with E-state index in [2.05, 4.69) is 10.2 Å². The number of ether oxygens (including phenoxy) is 1. The fourth-order valence-electron chi connectivity index (χ4n) is 2.98. The molecule has 25 heavy (non-hydrogen) atoms. The van der Waals surface area contributed by atoms with Gasteiger partial charge in [0.05, 0.1) is 24.7 Å². The van der Waals surface area contributed by atoms with Crippen molar-refractivity contribution in [3.8, 4) is 11.5 Å². The van der Waals surface area contributed by atoms with Gasteiger partial charge in [-0.25, -0.2) is 0 Å². The number of hydrogen-bond donors (Lipinski definition) is 2. The molecule has 1 atom stereocenters. The highest BCUT2D eigenvalue weighted by molar-refractivity contribution is 6.32. The van der Waals surface area contributed by atoms with Crippen molar-refractivity contribution in [3.63, 3.8) is 0 Å². The average molecular weight is 367 g/mol. The van der Waals surface area contributed by atoms with Crippen molar-refractivity contribution in [2.75, 3.05) is 6.61 Å². The number of nitrogens with zero attached hydrogens (tertiary/aromatic N) is 4. The molecular formula is C16H19ClN4O4. The SMILES string of the molecule is CCOc1cc(CN2Cc3nnc(C)n3CC2C(=O)O)cc(Cl)c1O. The molecule has 134 valence electrons. The average Bonchev–Trinajstić information content (AvgIpc) is 2.92. The van der Waals surface area contributed by atoms with Crippen molar-refractivity contribution >= 4 is 17.6 Å². The standard InChI is InChI=1S/C16H19ClN4O4/c1-3-25-13-5-10(4-11(17)15(13)22)6-20-8-14-19-18-9(2)21(14)7-12(20)16(23)24/h4-5,12,22H,3,6-8H2,1-2H3,(H,23,24). The molecule has 1 aromatic carbocycles. The molecule has 0 radical (unpaired) electrons. The summed E-state index contributed by atoms with van der Waals surface area (Å²) in [6.07, 6.45) is 0. The van der Waals surface area contributed by atoms with E-state index in [1.54, 1.807) is 30.9 Å². The van der Waals surface area contributed by atoms with Crippen LogP contribution in [0.25, 0.3) is 0 Å². The van der Waals surface area contributed by atoms with Gasteiger partial charge in [0.2, 0.25) is 0 Å². The summed E-state index contributed by atoms with van der Waals surface area (Å²) in [4.78, 5) is 13.5. The molecule has 0 fully saturated rings. The summed E-state index contributed by atoms with van der Waals surface area (Å²) in [5.41, 5.74) is 0.752. The van der Waals surface area contributed by atoms with Crippen LogP contribution in [0.15, 0.2) is 12.1 Å². The van der Waals surface area contributed by atoms with Crippen LogP contribution < -0.4 is 4.74 Å². The van der Waals surface area contributed by atoms with E-state index in [1.807, 2.05) is 4.57 Å². The first kappa shape index (κ1) is 17.5. The lowest BCUT2D eigenvalue weighted by Crippen LogP contribution is -2.47. The molecule has 8 nitrogen and oxygen atoms in total. The van der Waals surface area contributed by atoms with Crippen molar-refractivity contribution in [2.45, 2.75) is 39.5 Å².